The van der Waals surface area contributed by atoms with Gasteiger partial charge >= 0.3 is 0 Å². The molecule has 0 amide bonds. The van der Waals surface area contributed by atoms with Crippen molar-refractivity contribution < 1.29 is 4.74 Å². The Kier molecular flexibility index (Phi) is 7.09. The lowest BCUT2D eigenvalue weighted by Gasteiger charge is -2.35. The van der Waals surface area contributed by atoms with Gasteiger partial charge in [0, 0.05) is 25.7 Å². The second-order valence-electron chi connectivity index (χ2n) is 5.34. The van der Waals surface area contributed by atoms with Crippen LogP contribution in [0.4, 0.5) is 0 Å². The molecule has 3 heteroatoms. The molecule has 0 aromatic rings. The summed E-state index contributed by atoms with van der Waals surface area (Å²) in [7, 11) is 0. The van der Waals surface area contributed by atoms with Gasteiger partial charge in [-0.1, -0.05) is 27.7 Å². The lowest BCUT2D eigenvalue weighted by molar-refractivity contribution is 0.0494. The first kappa shape index (κ1) is 14.9. The van der Waals surface area contributed by atoms with Gasteiger partial charge in [-0.2, -0.15) is 0 Å². The summed E-state index contributed by atoms with van der Waals surface area (Å²) >= 11 is 0. The number of nitrogens with one attached hydrogen (secondary N) is 1. The van der Waals surface area contributed by atoms with Gasteiger partial charge in [0.1, 0.15) is 0 Å². The highest BCUT2D eigenvalue weighted by atomic mass is 16.5. The fourth-order valence-corrected chi connectivity index (χ4v) is 2.63. The summed E-state index contributed by atoms with van der Waals surface area (Å²) in [4.78, 5) is 2.59. The van der Waals surface area contributed by atoms with Crippen molar-refractivity contribution in [1.29, 1.82) is 0 Å². The van der Waals surface area contributed by atoms with Crippen LogP contribution in [0.3, 0.4) is 0 Å². The van der Waals surface area contributed by atoms with Crippen LogP contribution in [0.15, 0.2) is 0 Å². The van der Waals surface area contributed by atoms with Gasteiger partial charge in [-0.15, -0.1) is 0 Å². The van der Waals surface area contributed by atoms with Crippen molar-refractivity contribution in [2.75, 3.05) is 32.8 Å². The first-order valence-electron chi connectivity index (χ1n) is 7.25. The summed E-state index contributed by atoms with van der Waals surface area (Å²) in [6, 6.07) is 0.629. The number of hydrogen-bond donors (Lipinski definition) is 1. The summed E-state index contributed by atoms with van der Waals surface area (Å²) in [5, 5.41) is 3.49. The van der Waals surface area contributed by atoms with Gasteiger partial charge in [-0.05, 0) is 31.8 Å². The van der Waals surface area contributed by atoms with Crippen molar-refractivity contribution in [2.45, 2.75) is 52.7 Å². The molecule has 0 radical (unpaired) electrons. The Balaban J connectivity index is 2.47. The van der Waals surface area contributed by atoms with Gasteiger partial charge in [0.05, 0.1) is 6.10 Å². The molecule has 1 fully saturated rings. The molecule has 0 aromatic carbocycles. The van der Waals surface area contributed by atoms with Crippen LogP contribution in [0.5, 0.6) is 0 Å². The minimum absolute atomic E-state index is 0.470. The molecule has 1 heterocycles. The van der Waals surface area contributed by atoms with Crippen LogP contribution < -0.4 is 5.32 Å². The largest absolute Gasteiger partial charge is 0.377 e. The molecule has 0 spiro atoms. The van der Waals surface area contributed by atoms with Gasteiger partial charge in [-0.25, -0.2) is 0 Å². The van der Waals surface area contributed by atoms with E-state index in [-0.39, 0.29) is 0 Å². The quantitative estimate of drug-likeness (QED) is 0.705. The Morgan fingerprint density at radius 1 is 1.35 bits per heavy atom. The molecule has 1 aliphatic heterocycles. The topological polar surface area (TPSA) is 24.5 Å². The highest BCUT2D eigenvalue weighted by Crippen LogP contribution is 2.17. The molecule has 0 bridgehead atoms. The highest BCUT2D eigenvalue weighted by Gasteiger charge is 2.25. The van der Waals surface area contributed by atoms with Crippen molar-refractivity contribution >= 4 is 0 Å². The van der Waals surface area contributed by atoms with Gasteiger partial charge in [0.15, 0.2) is 0 Å². The monoisotopic (exact) mass is 242 g/mol. The third-order valence-electron chi connectivity index (χ3n) is 3.71. The first-order chi connectivity index (χ1) is 8.19. The van der Waals surface area contributed by atoms with Crippen molar-refractivity contribution in [3.63, 3.8) is 0 Å². The summed E-state index contributed by atoms with van der Waals surface area (Å²) in [5.41, 5.74) is 0. The Bertz CT molecular complexity index is 191. The number of rotatable bonds is 8. The maximum Gasteiger partial charge on any atom is 0.0702 e. The van der Waals surface area contributed by atoms with E-state index in [1.54, 1.807) is 0 Å². The number of ether oxygens (including phenoxy) is 1. The van der Waals surface area contributed by atoms with E-state index in [0.29, 0.717) is 18.1 Å². The zero-order chi connectivity index (χ0) is 12.7. The molecule has 0 aromatic heterocycles. The molecular formula is C14H30N2O. The molecule has 17 heavy (non-hydrogen) atoms. The van der Waals surface area contributed by atoms with Gasteiger partial charge in [-0.3, -0.25) is 4.90 Å². The van der Waals surface area contributed by atoms with E-state index in [1.165, 1.54) is 12.8 Å². The van der Waals surface area contributed by atoms with Crippen molar-refractivity contribution in [1.82, 2.24) is 10.2 Å². The third kappa shape index (κ3) is 4.94. The van der Waals surface area contributed by atoms with Crippen molar-refractivity contribution in [2.24, 2.45) is 5.92 Å². The summed E-state index contributed by atoms with van der Waals surface area (Å²) in [6.07, 6.45) is 2.95. The summed E-state index contributed by atoms with van der Waals surface area (Å²) in [6.45, 7) is 14.4. The molecule has 102 valence electrons. The van der Waals surface area contributed by atoms with Crippen molar-refractivity contribution in [3.05, 3.63) is 0 Å². The van der Waals surface area contributed by atoms with Crippen LogP contribution in [0.25, 0.3) is 0 Å². The maximum atomic E-state index is 5.76. The number of likely N-dealkylation sites (N-methyl/N-ethyl adjacent to an activating group) is 2. The van der Waals surface area contributed by atoms with E-state index in [9.17, 15) is 0 Å². The minimum Gasteiger partial charge on any atom is -0.377 e. The summed E-state index contributed by atoms with van der Waals surface area (Å²) in [5.74, 6) is 0.690. The fourth-order valence-electron chi connectivity index (χ4n) is 2.63. The Hall–Kier alpha value is -0.120. The first-order valence-corrected chi connectivity index (χ1v) is 7.25. The molecule has 0 aliphatic carbocycles. The van der Waals surface area contributed by atoms with Crippen LogP contribution in [-0.2, 0) is 4.74 Å². The van der Waals surface area contributed by atoms with Gasteiger partial charge in [0.2, 0.25) is 0 Å². The predicted molar refractivity (Wildman–Crippen MR) is 73.4 cm³/mol. The van der Waals surface area contributed by atoms with Gasteiger partial charge in [0.25, 0.3) is 0 Å². The highest BCUT2D eigenvalue weighted by molar-refractivity contribution is 4.80. The lowest BCUT2D eigenvalue weighted by atomic mass is 10.0. The van der Waals surface area contributed by atoms with Crippen LogP contribution in [0.1, 0.15) is 40.5 Å². The van der Waals surface area contributed by atoms with Crippen LogP contribution in [0, 0.1) is 5.92 Å². The van der Waals surface area contributed by atoms with Crippen molar-refractivity contribution in [3.8, 4) is 0 Å². The molecule has 3 nitrogen and oxygen atoms in total. The minimum atomic E-state index is 0.470. The molecule has 1 N–H and O–H groups in total. The normalized spacial score (nSPS) is 22.6. The Morgan fingerprint density at radius 2 is 2.12 bits per heavy atom. The van der Waals surface area contributed by atoms with E-state index in [4.69, 9.17) is 4.74 Å². The predicted octanol–water partition coefficient (Wildman–Crippen LogP) is 2.12. The van der Waals surface area contributed by atoms with E-state index in [2.05, 4.69) is 37.9 Å². The number of nitrogens with zero attached hydrogens (tertiary/aromatic N) is 1. The molecule has 0 saturated carbocycles. The lowest BCUT2D eigenvalue weighted by Crippen LogP contribution is -2.48. The smallest absolute Gasteiger partial charge is 0.0702 e. The summed E-state index contributed by atoms with van der Waals surface area (Å²) < 4.78 is 5.76. The molecule has 1 saturated heterocycles. The molecule has 2 atom stereocenters. The zero-order valence-corrected chi connectivity index (χ0v) is 12.0. The standard InChI is InChI=1S/C14H30N2O/c1-5-15-10-14(12(3)4)16(6-2)11-13-8-7-9-17-13/h12-15H,5-11H2,1-4H3. The SMILES string of the molecule is CCNCC(C(C)C)N(CC)CC1CCCO1. The molecular weight excluding hydrogens is 212 g/mol. The second kappa shape index (κ2) is 8.06. The maximum absolute atomic E-state index is 5.76. The molecule has 1 aliphatic rings. The van der Waals surface area contributed by atoms with Gasteiger partial charge < -0.3 is 10.1 Å². The Morgan fingerprint density at radius 3 is 2.59 bits per heavy atom. The average molecular weight is 242 g/mol. The average Bonchev–Trinajstić information content (AvgIpc) is 2.80. The van der Waals surface area contributed by atoms with E-state index in [1.807, 2.05) is 0 Å². The fraction of sp³-hybridized carbons (Fsp3) is 1.00. The van der Waals surface area contributed by atoms with E-state index in [0.717, 1.165) is 32.8 Å². The number of hydrogen-bond acceptors (Lipinski definition) is 3. The zero-order valence-electron chi connectivity index (χ0n) is 12.0. The van der Waals surface area contributed by atoms with E-state index < -0.39 is 0 Å². The van der Waals surface area contributed by atoms with E-state index >= 15 is 0 Å². The third-order valence-corrected chi connectivity index (χ3v) is 3.71. The second-order valence-corrected chi connectivity index (χ2v) is 5.34. The van der Waals surface area contributed by atoms with Crippen LogP contribution in [0.2, 0.25) is 0 Å². The molecule has 2 unspecified atom stereocenters. The Labute approximate surface area is 107 Å². The van der Waals surface area contributed by atoms with Crippen LogP contribution in [-0.4, -0.2) is 49.8 Å². The van der Waals surface area contributed by atoms with Crippen LogP contribution >= 0.6 is 0 Å². The molecule has 1 rings (SSSR count).